The van der Waals surface area contributed by atoms with E-state index in [0.717, 1.165) is 17.7 Å². The molecule has 0 heterocycles. The highest BCUT2D eigenvalue weighted by Gasteiger charge is 2.15. The van der Waals surface area contributed by atoms with E-state index >= 15 is 0 Å². The fourth-order valence-corrected chi connectivity index (χ4v) is 1.77. The van der Waals surface area contributed by atoms with Crippen LogP contribution in [0.2, 0.25) is 0 Å². The van der Waals surface area contributed by atoms with Gasteiger partial charge in [-0.25, -0.2) is 4.79 Å². The monoisotopic (exact) mass is 235 g/mol. The number of hydrogen-bond donors (Lipinski definition) is 1. The third-order valence-electron chi connectivity index (χ3n) is 2.74. The second-order valence-electron chi connectivity index (χ2n) is 4.08. The fraction of sp³-hybridized carbons (Fsp3) is 0.500. The molecule has 1 N–H and O–H groups in total. The van der Waals surface area contributed by atoms with E-state index in [2.05, 4.69) is 18.3 Å². The van der Waals surface area contributed by atoms with Gasteiger partial charge in [-0.15, -0.1) is 0 Å². The van der Waals surface area contributed by atoms with Crippen molar-refractivity contribution in [1.82, 2.24) is 0 Å². The molecule has 0 spiro atoms. The molecule has 0 unspecified atom stereocenters. The first-order valence-corrected chi connectivity index (χ1v) is 6.11. The quantitative estimate of drug-likeness (QED) is 0.797. The van der Waals surface area contributed by atoms with Gasteiger partial charge in [0.2, 0.25) is 0 Å². The van der Waals surface area contributed by atoms with Crippen LogP contribution < -0.4 is 5.32 Å². The lowest BCUT2D eigenvalue weighted by Crippen LogP contribution is -2.29. The zero-order valence-electron chi connectivity index (χ0n) is 11.0. The maximum Gasteiger partial charge on any atom is 0.328 e. The maximum atomic E-state index is 11.6. The molecule has 1 aromatic carbocycles. The molecule has 1 aromatic rings. The zero-order chi connectivity index (χ0) is 12.8. The van der Waals surface area contributed by atoms with Crippen molar-refractivity contribution < 1.29 is 9.53 Å². The third-order valence-corrected chi connectivity index (χ3v) is 2.74. The molecule has 17 heavy (non-hydrogen) atoms. The maximum absolute atomic E-state index is 11.6. The van der Waals surface area contributed by atoms with Gasteiger partial charge in [0.05, 0.1) is 6.61 Å². The summed E-state index contributed by atoms with van der Waals surface area (Å²) in [5.41, 5.74) is 3.43. The van der Waals surface area contributed by atoms with Crippen LogP contribution in [-0.2, 0) is 16.0 Å². The van der Waals surface area contributed by atoms with Gasteiger partial charge in [0.15, 0.2) is 0 Å². The molecular weight excluding hydrogens is 214 g/mol. The highest BCUT2D eigenvalue weighted by molar-refractivity contribution is 5.79. The SMILES string of the molecule is CCOC(=O)[C@H](C)Nc1c(C)cccc1CC. The van der Waals surface area contributed by atoms with Gasteiger partial charge in [-0.2, -0.15) is 0 Å². The van der Waals surface area contributed by atoms with E-state index in [1.165, 1.54) is 5.56 Å². The molecule has 0 fully saturated rings. The second-order valence-corrected chi connectivity index (χ2v) is 4.08. The first kappa shape index (κ1) is 13.6. The Kier molecular flexibility index (Phi) is 5.01. The lowest BCUT2D eigenvalue weighted by molar-refractivity contribution is -0.143. The van der Waals surface area contributed by atoms with Crippen LogP contribution in [0.5, 0.6) is 0 Å². The molecule has 0 aliphatic rings. The van der Waals surface area contributed by atoms with Crippen molar-refractivity contribution in [3.05, 3.63) is 29.3 Å². The number of anilines is 1. The number of ether oxygens (including phenoxy) is 1. The molecule has 1 rings (SSSR count). The molecule has 0 amide bonds. The van der Waals surface area contributed by atoms with Crippen molar-refractivity contribution in [2.24, 2.45) is 0 Å². The third kappa shape index (κ3) is 3.48. The van der Waals surface area contributed by atoms with Crippen LogP contribution in [0.1, 0.15) is 31.9 Å². The van der Waals surface area contributed by atoms with Gasteiger partial charge in [-0.1, -0.05) is 25.1 Å². The molecule has 0 saturated heterocycles. The molecule has 0 radical (unpaired) electrons. The summed E-state index contributed by atoms with van der Waals surface area (Å²) in [4.78, 5) is 11.6. The Bertz CT molecular complexity index is 388. The average Bonchev–Trinajstić information content (AvgIpc) is 2.31. The number of benzene rings is 1. The normalized spacial score (nSPS) is 12.0. The van der Waals surface area contributed by atoms with Crippen molar-refractivity contribution in [3.8, 4) is 0 Å². The molecule has 1 atom stereocenters. The largest absolute Gasteiger partial charge is 0.464 e. The van der Waals surface area contributed by atoms with Crippen LogP contribution in [-0.4, -0.2) is 18.6 Å². The molecule has 3 nitrogen and oxygen atoms in total. The predicted octanol–water partition coefficient (Wildman–Crippen LogP) is 2.92. The molecular formula is C14H21NO2. The first-order chi connectivity index (χ1) is 8.10. The predicted molar refractivity (Wildman–Crippen MR) is 70.3 cm³/mol. The van der Waals surface area contributed by atoms with Gasteiger partial charge in [0, 0.05) is 5.69 Å². The summed E-state index contributed by atoms with van der Waals surface area (Å²) in [6.45, 7) is 8.20. The number of para-hydroxylation sites is 1. The smallest absolute Gasteiger partial charge is 0.328 e. The van der Waals surface area contributed by atoms with Crippen molar-refractivity contribution >= 4 is 11.7 Å². The minimum atomic E-state index is -0.318. The topological polar surface area (TPSA) is 38.3 Å². The van der Waals surface area contributed by atoms with Crippen LogP contribution in [0.3, 0.4) is 0 Å². The molecule has 3 heteroatoms. The van der Waals surface area contributed by atoms with Crippen molar-refractivity contribution in [3.63, 3.8) is 0 Å². The van der Waals surface area contributed by atoms with Crippen LogP contribution in [0, 0.1) is 6.92 Å². The van der Waals surface area contributed by atoms with Crippen LogP contribution in [0.15, 0.2) is 18.2 Å². The average molecular weight is 235 g/mol. The number of rotatable bonds is 5. The number of hydrogen-bond acceptors (Lipinski definition) is 3. The van der Waals surface area contributed by atoms with E-state index < -0.39 is 0 Å². The number of carbonyl (C=O) groups is 1. The Morgan fingerprint density at radius 2 is 2.12 bits per heavy atom. The first-order valence-electron chi connectivity index (χ1n) is 6.11. The molecule has 0 bridgehead atoms. The van der Waals surface area contributed by atoms with E-state index in [9.17, 15) is 4.79 Å². The van der Waals surface area contributed by atoms with Gasteiger partial charge in [-0.3, -0.25) is 0 Å². The standard InChI is InChI=1S/C14H21NO2/c1-5-12-9-7-8-10(3)13(12)15-11(4)14(16)17-6-2/h7-9,11,15H,5-6H2,1-4H3/t11-/m0/s1. The highest BCUT2D eigenvalue weighted by Crippen LogP contribution is 2.22. The summed E-state index contributed by atoms with van der Waals surface area (Å²) in [5.74, 6) is -0.210. The summed E-state index contributed by atoms with van der Waals surface area (Å²) in [6, 6.07) is 5.84. The molecule has 94 valence electrons. The van der Waals surface area contributed by atoms with Gasteiger partial charge in [-0.05, 0) is 38.3 Å². The van der Waals surface area contributed by atoms with E-state index in [1.54, 1.807) is 0 Å². The molecule has 0 saturated carbocycles. The lowest BCUT2D eigenvalue weighted by atomic mass is 10.1. The number of esters is 1. The number of carbonyl (C=O) groups excluding carboxylic acids is 1. The Hall–Kier alpha value is -1.51. The molecule has 0 aromatic heterocycles. The summed E-state index contributed by atoms with van der Waals surface area (Å²) in [6.07, 6.45) is 0.944. The Balaban J connectivity index is 2.83. The molecule has 0 aliphatic carbocycles. The molecule has 0 aliphatic heterocycles. The summed E-state index contributed by atoms with van der Waals surface area (Å²) < 4.78 is 4.99. The summed E-state index contributed by atoms with van der Waals surface area (Å²) in [5, 5.41) is 3.24. The van der Waals surface area contributed by atoms with Crippen LogP contribution >= 0.6 is 0 Å². The Labute approximate surface area is 103 Å². The van der Waals surface area contributed by atoms with Gasteiger partial charge in [0.25, 0.3) is 0 Å². The van der Waals surface area contributed by atoms with Crippen molar-refractivity contribution in [2.45, 2.75) is 40.2 Å². The fourth-order valence-electron chi connectivity index (χ4n) is 1.77. The number of aryl methyl sites for hydroxylation is 2. The Morgan fingerprint density at radius 3 is 2.71 bits per heavy atom. The highest BCUT2D eigenvalue weighted by atomic mass is 16.5. The second kappa shape index (κ2) is 6.28. The summed E-state index contributed by atoms with van der Waals surface area (Å²) in [7, 11) is 0. The number of nitrogens with one attached hydrogen (secondary N) is 1. The van der Waals surface area contributed by atoms with E-state index in [-0.39, 0.29) is 12.0 Å². The van der Waals surface area contributed by atoms with E-state index in [1.807, 2.05) is 32.9 Å². The van der Waals surface area contributed by atoms with Gasteiger partial charge >= 0.3 is 5.97 Å². The minimum Gasteiger partial charge on any atom is -0.464 e. The van der Waals surface area contributed by atoms with Gasteiger partial charge in [0.1, 0.15) is 6.04 Å². The van der Waals surface area contributed by atoms with Crippen LogP contribution in [0.25, 0.3) is 0 Å². The minimum absolute atomic E-state index is 0.210. The zero-order valence-corrected chi connectivity index (χ0v) is 11.0. The van der Waals surface area contributed by atoms with E-state index in [4.69, 9.17) is 4.74 Å². The van der Waals surface area contributed by atoms with E-state index in [0.29, 0.717) is 6.61 Å². The lowest BCUT2D eigenvalue weighted by Gasteiger charge is -2.18. The van der Waals surface area contributed by atoms with Crippen molar-refractivity contribution in [1.29, 1.82) is 0 Å². The summed E-state index contributed by atoms with van der Waals surface area (Å²) >= 11 is 0. The Morgan fingerprint density at radius 1 is 1.41 bits per heavy atom. The van der Waals surface area contributed by atoms with Crippen LogP contribution in [0.4, 0.5) is 5.69 Å². The van der Waals surface area contributed by atoms with Gasteiger partial charge < -0.3 is 10.1 Å². The van der Waals surface area contributed by atoms with Crippen molar-refractivity contribution in [2.75, 3.05) is 11.9 Å².